The summed E-state index contributed by atoms with van der Waals surface area (Å²) in [6.45, 7) is 0.0415. The van der Waals surface area contributed by atoms with Gasteiger partial charge in [0.2, 0.25) is 18.0 Å². The number of aromatic hydroxyl groups is 1. The van der Waals surface area contributed by atoms with E-state index in [4.69, 9.17) is 23.4 Å². The van der Waals surface area contributed by atoms with Gasteiger partial charge in [0.05, 0.1) is 14.2 Å². The Morgan fingerprint density at radius 2 is 1.78 bits per heavy atom. The zero-order valence-electron chi connectivity index (χ0n) is 12.3. The van der Waals surface area contributed by atoms with Crippen molar-refractivity contribution in [3.8, 4) is 28.7 Å². The number of phenolic OH excluding ortho intramolecular Hbond substituents is 1. The third-order valence-electron chi connectivity index (χ3n) is 3.76. The molecule has 0 amide bonds. The van der Waals surface area contributed by atoms with Gasteiger partial charge in [0.25, 0.3) is 0 Å². The predicted molar refractivity (Wildman–Crippen MR) is 80.9 cm³/mol. The number of rotatable bonds is 2. The average molecular weight is 316 g/mol. The molecule has 0 aliphatic carbocycles. The van der Waals surface area contributed by atoms with Gasteiger partial charge >= 0.3 is 0 Å². The molecular formula is C16H12O7. The Hall–Kier alpha value is -3.09. The normalized spacial score (nSPS) is 12.8. The first-order valence-corrected chi connectivity index (χ1v) is 6.78. The molecule has 7 nitrogen and oxygen atoms in total. The van der Waals surface area contributed by atoms with Gasteiger partial charge in [-0.2, -0.15) is 0 Å². The van der Waals surface area contributed by atoms with Crippen molar-refractivity contribution in [1.29, 1.82) is 0 Å². The maximum Gasteiger partial charge on any atom is 0.231 e. The summed E-state index contributed by atoms with van der Waals surface area (Å²) in [5.74, 6) is 0.939. The van der Waals surface area contributed by atoms with Crippen LogP contribution in [0.1, 0.15) is 0 Å². The van der Waals surface area contributed by atoms with Gasteiger partial charge in [0, 0.05) is 6.07 Å². The first kappa shape index (κ1) is 13.6. The molecule has 4 rings (SSSR count). The van der Waals surface area contributed by atoms with Crippen LogP contribution in [0.25, 0.3) is 21.9 Å². The summed E-state index contributed by atoms with van der Waals surface area (Å²) < 4.78 is 27.0. The SMILES string of the molecule is COc1c(O)ccc2oc3cc4c(c(OC)c3c(=O)c12)OCO4. The van der Waals surface area contributed by atoms with Crippen LogP contribution in [0.15, 0.2) is 27.4 Å². The molecule has 2 heterocycles. The molecule has 2 aromatic carbocycles. The fourth-order valence-electron chi connectivity index (χ4n) is 2.78. The van der Waals surface area contributed by atoms with Crippen molar-refractivity contribution in [1.82, 2.24) is 0 Å². The van der Waals surface area contributed by atoms with E-state index in [-0.39, 0.29) is 45.8 Å². The van der Waals surface area contributed by atoms with E-state index in [1.807, 2.05) is 0 Å². The lowest BCUT2D eigenvalue weighted by Crippen LogP contribution is -2.06. The largest absolute Gasteiger partial charge is 0.504 e. The van der Waals surface area contributed by atoms with Gasteiger partial charge in [-0.25, -0.2) is 0 Å². The summed E-state index contributed by atoms with van der Waals surface area (Å²) in [4.78, 5) is 13.0. The summed E-state index contributed by atoms with van der Waals surface area (Å²) in [5, 5.41) is 10.2. The van der Waals surface area contributed by atoms with Crippen molar-refractivity contribution < 1.29 is 28.5 Å². The third-order valence-corrected chi connectivity index (χ3v) is 3.76. The number of methoxy groups -OCH3 is 2. The molecule has 0 spiro atoms. The summed E-state index contributed by atoms with van der Waals surface area (Å²) >= 11 is 0. The fraction of sp³-hybridized carbons (Fsp3) is 0.188. The highest BCUT2D eigenvalue weighted by atomic mass is 16.7. The topological polar surface area (TPSA) is 87.4 Å². The number of benzene rings is 2. The molecule has 0 atom stereocenters. The Bertz CT molecular complexity index is 1000. The zero-order chi connectivity index (χ0) is 16.1. The summed E-state index contributed by atoms with van der Waals surface area (Å²) in [6.07, 6.45) is 0. The van der Waals surface area contributed by atoms with E-state index in [2.05, 4.69) is 0 Å². The zero-order valence-corrected chi connectivity index (χ0v) is 12.3. The lowest BCUT2D eigenvalue weighted by atomic mass is 10.1. The lowest BCUT2D eigenvalue weighted by molar-refractivity contribution is 0.171. The Morgan fingerprint density at radius 3 is 2.52 bits per heavy atom. The van der Waals surface area contributed by atoms with E-state index in [9.17, 15) is 9.90 Å². The number of fused-ring (bicyclic) bond motifs is 3. The van der Waals surface area contributed by atoms with Crippen LogP contribution >= 0.6 is 0 Å². The van der Waals surface area contributed by atoms with Crippen molar-refractivity contribution in [2.45, 2.75) is 0 Å². The molecule has 0 saturated carbocycles. The minimum absolute atomic E-state index is 0.0415. The summed E-state index contributed by atoms with van der Waals surface area (Å²) in [5.41, 5.74) is 0.207. The number of hydrogen-bond acceptors (Lipinski definition) is 7. The van der Waals surface area contributed by atoms with Crippen molar-refractivity contribution in [3.63, 3.8) is 0 Å². The van der Waals surface area contributed by atoms with Crippen LogP contribution in [0.2, 0.25) is 0 Å². The standard InChI is InChI=1S/C16H12O7/c1-19-14-7(17)3-4-8-11(14)13(18)12-9(23-8)5-10-15(16(12)20-2)22-6-21-10/h3-5,17H,6H2,1-2H3. The minimum Gasteiger partial charge on any atom is -0.504 e. The predicted octanol–water partition coefficient (Wildman–Crippen LogP) is 2.40. The monoisotopic (exact) mass is 316 g/mol. The van der Waals surface area contributed by atoms with Gasteiger partial charge in [0.1, 0.15) is 21.9 Å². The molecule has 1 N–H and O–H groups in total. The Labute approximate surface area is 129 Å². The Kier molecular flexibility index (Phi) is 2.77. The van der Waals surface area contributed by atoms with Crippen molar-refractivity contribution in [2.75, 3.05) is 21.0 Å². The molecule has 7 heteroatoms. The van der Waals surface area contributed by atoms with Crippen LogP contribution in [0.5, 0.6) is 28.7 Å². The van der Waals surface area contributed by atoms with Gasteiger partial charge in [-0.1, -0.05) is 0 Å². The van der Waals surface area contributed by atoms with Gasteiger partial charge < -0.3 is 28.5 Å². The molecule has 0 radical (unpaired) electrons. The fourth-order valence-corrected chi connectivity index (χ4v) is 2.78. The van der Waals surface area contributed by atoms with Gasteiger partial charge in [-0.05, 0) is 12.1 Å². The summed E-state index contributed by atoms with van der Waals surface area (Å²) in [7, 11) is 2.80. The number of hydrogen-bond donors (Lipinski definition) is 1. The highest BCUT2D eigenvalue weighted by Gasteiger charge is 2.26. The molecule has 0 bridgehead atoms. The molecule has 23 heavy (non-hydrogen) atoms. The number of ether oxygens (including phenoxy) is 4. The van der Waals surface area contributed by atoms with Gasteiger partial charge in [0.15, 0.2) is 23.0 Å². The van der Waals surface area contributed by atoms with Gasteiger partial charge in [-0.3, -0.25) is 4.79 Å². The van der Waals surface area contributed by atoms with E-state index in [1.54, 1.807) is 6.07 Å². The Morgan fingerprint density at radius 1 is 1.04 bits per heavy atom. The second kappa shape index (κ2) is 4.70. The van der Waals surface area contributed by atoms with Crippen molar-refractivity contribution >= 4 is 21.9 Å². The van der Waals surface area contributed by atoms with Crippen LogP contribution in [0.4, 0.5) is 0 Å². The van der Waals surface area contributed by atoms with Gasteiger partial charge in [-0.15, -0.1) is 0 Å². The second-order valence-electron chi connectivity index (χ2n) is 4.94. The second-order valence-corrected chi connectivity index (χ2v) is 4.94. The van der Waals surface area contributed by atoms with E-state index in [0.29, 0.717) is 17.1 Å². The van der Waals surface area contributed by atoms with E-state index in [0.717, 1.165) is 0 Å². The third kappa shape index (κ3) is 1.73. The lowest BCUT2D eigenvalue weighted by Gasteiger charge is -2.11. The molecule has 3 aromatic rings. The van der Waals surface area contributed by atoms with E-state index in [1.165, 1.54) is 26.4 Å². The molecule has 118 valence electrons. The summed E-state index contributed by atoms with van der Waals surface area (Å²) in [6, 6.07) is 4.49. The highest BCUT2D eigenvalue weighted by molar-refractivity contribution is 5.99. The molecular weight excluding hydrogens is 304 g/mol. The highest BCUT2D eigenvalue weighted by Crippen LogP contribution is 2.46. The molecule has 0 unspecified atom stereocenters. The van der Waals surface area contributed by atoms with Crippen LogP contribution in [0, 0.1) is 0 Å². The molecule has 1 aromatic heterocycles. The molecule has 0 saturated heterocycles. The van der Waals surface area contributed by atoms with Crippen LogP contribution in [-0.2, 0) is 0 Å². The quantitative estimate of drug-likeness (QED) is 0.726. The van der Waals surface area contributed by atoms with Crippen LogP contribution in [0.3, 0.4) is 0 Å². The average Bonchev–Trinajstić information content (AvgIpc) is 3.01. The smallest absolute Gasteiger partial charge is 0.231 e. The Balaban J connectivity index is 2.25. The van der Waals surface area contributed by atoms with Crippen molar-refractivity contribution in [3.05, 3.63) is 28.4 Å². The minimum atomic E-state index is -0.385. The number of phenols is 1. The maximum atomic E-state index is 13.0. The van der Waals surface area contributed by atoms with Crippen LogP contribution in [-0.4, -0.2) is 26.1 Å². The van der Waals surface area contributed by atoms with E-state index < -0.39 is 0 Å². The first-order chi connectivity index (χ1) is 11.2. The molecule has 1 aliphatic rings. The van der Waals surface area contributed by atoms with Crippen LogP contribution < -0.4 is 24.4 Å². The molecule has 1 aliphatic heterocycles. The van der Waals surface area contributed by atoms with Crippen molar-refractivity contribution in [2.24, 2.45) is 0 Å². The van der Waals surface area contributed by atoms with E-state index >= 15 is 0 Å². The molecule has 0 fully saturated rings. The first-order valence-electron chi connectivity index (χ1n) is 6.78. The maximum absolute atomic E-state index is 13.0.